The van der Waals surface area contributed by atoms with Crippen LogP contribution in [-0.2, 0) is 10.0 Å². The summed E-state index contributed by atoms with van der Waals surface area (Å²) in [5.74, 6) is 0.519. The molecule has 1 aliphatic heterocycles. The van der Waals surface area contributed by atoms with E-state index >= 15 is 0 Å². The first-order valence-electron chi connectivity index (χ1n) is 8.42. The van der Waals surface area contributed by atoms with Crippen molar-refractivity contribution in [2.45, 2.75) is 17.4 Å². The molecule has 1 N–H and O–H groups in total. The van der Waals surface area contributed by atoms with Gasteiger partial charge in [0.05, 0.1) is 11.2 Å². The van der Waals surface area contributed by atoms with Crippen LogP contribution in [0.15, 0.2) is 56.6 Å². The molecule has 0 unspecified atom stereocenters. The molecule has 1 aromatic carbocycles. The third-order valence-electron chi connectivity index (χ3n) is 4.95. The summed E-state index contributed by atoms with van der Waals surface area (Å²) in [4.78, 5) is 6.00. The quantitative estimate of drug-likeness (QED) is 0.655. The molecule has 7 nitrogen and oxygen atoms in total. The molecule has 4 rings (SSSR count). The van der Waals surface area contributed by atoms with Gasteiger partial charge in [-0.1, -0.05) is 6.07 Å². The van der Waals surface area contributed by atoms with Crippen LogP contribution < -0.4 is 4.90 Å². The Morgan fingerprint density at radius 2 is 2.15 bits per heavy atom. The molecule has 2 aromatic heterocycles. The molecule has 3 aromatic rings. The summed E-state index contributed by atoms with van der Waals surface area (Å²) in [5, 5.41) is 10.8. The van der Waals surface area contributed by atoms with E-state index < -0.39 is 10.0 Å². The number of likely N-dealkylation sites (N-methyl/N-ethyl adjacent to an activating group) is 1. The van der Waals surface area contributed by atoms with Crippen LogP contribution in [0.1, 0.15) is 6.42 Å². The average Bonchev–Trinajstić information content (AvgIpc) is 3.36. The maximum atomic E-state index is 13.3. The maximum Gasteiger partial charge on any atom is 0.243 e. The topological polar surface area (TPSA) is 86.9 Å². The zero-order chi connectivity index (χ0) is 19.2. The number of halogens is 1. The summed E-state index contributed by atoms with van der Waals surface area (Å²) in [6, 6.07) is 8.52. The number of aromatic hydroxyl groups is 1. The van der Waals surface area contributed by atoms with Crippen molar-refractivity contribution in [3.8, 4) is 5.88 Å². The first-order chi connectivity index (χ1) is 12.9. The van der Waals surface area contributed by atoms with Crippen molar-refractivity contribution in [2.24, 2.45) is 0 Å². The van der Waals surface area contributed by atoms with Gasteiger partial charge in [-0.15, -0.1) is 0 Å². The lowest BCUT2D eigenvalue weighted by Gasteiger charge is -2.24. The zero-order valence-electron chi connectivity index (χ0n) is 14.5. The van der Waals surface area contributed by atoms with E-state index in [0.29, 0.717) is 40.6 Å². The van der Waals surface area contributed by atoms with Gasteiger partial charge >= 0.3 is 0 Å². The Kier molecular flexibility index (Phi) is 4.61. The number of sulfonamides is 1. The highest BCUT2D eigenvalue weighted by Gasteiger charge is 2.36. The second kappa shape index (κ2) is 6.81. The molecule has 0 aliphatic carbocycles. The fourth-order valence-corrected chi connectivity index (χ4v) is 5.85. The van der Waals surface area contributed by atoms with Gasteiger partial charge in [-0.05, 0) is 40.5 Å². The molecule has 1 fully saturated rings. The Balaban J connectivity index is 1.69. The fraction of sp³-hybridized carbons (Fsp3) is 0.278. The van der Waals surface area contributed by atoms with E-state index in [1.165, 1.54) is 10.5 Å². The van der Waals surface area contributed by atoms with Gasteiger partial charge in [0.1, 0.15) is 0 Å². The lowest BCUT2D eigenvalue weighted by atomic mass is 10.2. The number of aromatic nitrogens is 1. The van der Waals surface area contributed by atoms with Crippen LogP contribution in [0.4, 0.5) is 5.88 Å². The molecule has 1 atom stereocenters. The number of furan rings is 1. The highest BCUT2D eigenvalue weighted by Crippen LogP contribution is 2.36. The Bertz CT molecular complexity index is 1090. The molecule has 0 radical (unpaired) electrons. The number of hydrogen-bond acceptors (Lipinski definition) is 6. The van der Waals surface area contributed by atoms with Crippen molar-refractivity contribution in [1.29, 1.82) is 0 Å². The molecule has 1 aliphatic rings. The minimum Gasteiger partial charge on any atom is -0.493 e. The Hall–Kier alpha value is -2.10. The molecular weight excluding hydrogens is 434 g/mol. The van der Waals surface area contributed by atoms with Gasteiger partial charge in [0.25, 0.3) is 0 Å². The number of anilines is 1. The standard InChI is InChI=1S/C18H18BrN3O4S/c1-21(16-6-3-9-26-16)12-7-8-22(11-12)27(24,25)15-5-2-4-13-17(15)14(19)10-20-18(13)23/h2-6,9-10,12H,7-8,11H2,1H3,(H,20,23)/t12-/m0/s1. The monoisotopic (exact) mass is 451 g/mol. The molecule has 142 valence electrons. The molecule has 0 amide bonds. The Labute approximate surface area is 165 Å². The van der Waals surface area contributed by atoms with Crippen molar-refractivity contribution in [2.75, 3.05) is 25.0 Å². The third-order valence-corrected chi connectivity index (χ3v) is 7.46. The van der Waals surface area contributed by atoms with E-state index in [4.69, 9.17) is 4.42 Å². The number of fused-ring (bicyclic) bond motifs is 1. The van der Waals surface area contributed by atoms with Gasteiger partial charge in [0, 0.05) is 53.7 Å². The van der Waals surface area contributed by atoms with Gasteiger partial charge in [-0.2, -0.15) is 4.31 Å². The molecule has 3 heterocycles. The summed E-state index contributed by atoms with van der Waals surface area (Å²) >= 11 is 3.37. The number of nitrogens with zero attached hydrogens (tertiary/aromatic N) is 3. The van der Waals surface area contributed by atoms with Gasteiger partial charge in [0.15, 0.2) is 5.88 Å². The van der Waals surface area contributed by atoms with E-state index in [2.05, 4.69) is 20.9 Å². The first-order valence-corrected chi connectivity index (χ1v) is 10.7. The summed E-state index contributed by atoms with van der Waals surface area (Å²) in [6.07, 6.45) is 3.72. The smallest absolute Gasteiger partial charge is 0.243 e. The van der Waals surface area contributed by atoms with E-state index in [9.17, 15) is 13.5 Å². The lowest BCUT2D eigenvalue weighted by Crippen LogP contribution is -2.36. The van der Waals surface area contributed by atoms with Crippen LogP contribution in [0.3, 0.4) is 0 Å². The largest absolute Gasteiger partial charge is 0.493 e. The summed E-state index contributed by atoms with van der Waals surface area (Å²) in [6.45, 7) is 0.785. The highest BCUT2D eigenvalue weighted by molar-refractivity contribution is 9.10. The zero-order valence-corrected chi connectivity index (χ0v) is 16.9. The van der Waals surface area contributed by atoms with E-state index in [1.54, 1.807) is 24.5 Å². The fourth-order valence-electron chi connectivity index (χ4n) is 3.47. The van der Waals surface area contributed by atoms with Crippen LogP contribution >= 0.6 is 15.9 Å². The van der Waals surface area contributed by atoms with Crippen molar-refractivity contribution in [3.05, 3.63) is 47.3 Å². The first kappa shape index (κ1) is 18.3. The molecule has 0 spiro atoms. The van der Waals surface area contributed by atoms with Gasteiger partial charge in [-0.25, -0.2) is 13.4 Å². The second-order valence-corrected chi connectivity index (χ2v) is 9.24. The van der Waals surface area contributed by atoms with Gasteiger partial charge < -0.3 is 14.4 Å². The second-order valence-electron chi connectivity index (χ2n) is 6.48. The summed E-state index contributed by atoms with van der Waals surface area (Å²) in [7, 11) is -1.83. The van der Waals surface area contributed by atoms with Crippen LogP contribution in [0, 0.1) is 0 Å². The Morgan fingerprint density at radius 1 is 1.33 bits per heavy atom. The number of hydrogen-bond donors (Lipinski definition) is 1. The van der Waals surface area contributed by atoms with Crippen LogP contribution in [0.5, 0.6) is 5.88 Å². The minimum absolute atomic E-state index is 0.0272. The van der Waals surface area contributed by atoms with Crippen LogP contribution in [0.25, 0.3) is 10.8 Å². The SMILES string of the molecule is CN(c1ccco1)[C@H]1CCN(S(=O)(=O)c2cccc3c(O)ncc(Br)c23)C1. The van der Waals surface area contributed by atoms with Crippen molar-refractivity contribution in [1.82, 2.24) is 9.29 Å². The van der Waals surface area contributed by atoms with E-state index in [1.807, 2.05) is 24.1 Å². The van der Waals surface area contributed by atoms with Gasteiger partial charge in [0.2, 0.25) is 15.9 Å². The number of rotatable bonds is 4. The normalized spacial score (nSPS) is 18.2. The number of benzene rings is 1. The lowest BCUT2D eigenvalue weighted by molar-refractivity contribution is 0.460. The van der Waals surface area contributed by atoms with Crippen molar-refractivity contribution >= 4 is 42.6 Å². The molecule has 0 saturated carbocycles. The van der Waals surface area contributed by atoms with Crippen molar-refractivity contribution in [3.63, 3.8) is 0 Å². The molecular formula is C18H18BrN3O4S. The molecule has 1 saturated heterocycles. The van der Waals surface area contributed by atoms with Crippen molar-refractivity contribution < 1.29 is 17.9 Å². The average molecular weight is 452 g/mol. The molecule has 27 heavy (non-hydrogen) atoms. The maximum absolute atomic E-state index is 13.3. The summed E-state index contributed by atoms with van der Waals surface area (Å²) < 4.78 is 34.1. The van der Waals surface area contributed by atoms with Crippen LogP contribution in [0.2, 0.25) is 0 Å². The summed E-state index contributed by atoms with van der Waals surface area (Å²) in [5.41, 5.74) is 0. The predicted molar refractivity (Wildman–Crippen MR) is 105 cm³/mol. The van der Waals surface area contributed by atoms with Crippen LogP contribution in [-0.4, -0.2) is 49.0 Å². The third kappa shape index (κ3) is 3.09. The van der Waals surface area contributed by atoms with E-state index in [0.717, 1.165) is 0 Å². The highest BCUT2D eigenvalue weighted by atomic mass is 79.9. The Morgan fingerprint density at radius 3 is 2.89 bits per heavy atom. The van der Waals surface area contributed by atoms with Gasteiger partial charge in [-0.3, -0.25) is 0 Å². The number of pyridine rings is 1. The molecule has 0 bridgehead atoms. The predicted octanol–water partition coefficient (Wildman–Crippen LogP) is 3.20. The minimum atomic E-state index is -3.73. The molecule has 9 heteroatoms. The van der Waals surface area contributed by atoms with E-state index in [-0.39, 0.29) is 16.8 Å².